The summed E-state index contributed by atoms with van der Waals surface area (Å²) in [4.78, 5) is 22.9. The molecule has 0 aliphatic heterocycles. The van der Waals surface area contributed by atoms with E-state index < -0.39 is 7.82 Å². The van der Waals surface area contributed by atoms with Crippen molar-refractivity contribution in [1.29, 1.82) is 0 Å². The van der Waals surface area contributed by atoms with Crippen molar-refractivity contribution in [3.63, 3.8) is 0 Å². The molecule has 29 heavy (non-hydrogen) atoms. The van der Waals surface area contributed by atoms with Crippen LogP contribution in [0.25, 0.3) is 0 Å². The van der Waals surface area contributed by atoms with Gasteiger partial charge in [-0.25, -0.2) is 0 Å². The molecule has 0 radical (unpaired) electrons. The maximum Gasteiger partial charge on any atom is 0.262 e. The van der Waals surface area contributed by atoms with Crippen molar-refractivity contribution in [3.05, 3.63) is 0 Å². The highest BCUT2D eigenvalue weighted by Gasteiger charge is 2.24. The van der Waals surface area contributed by atoms with Crippen LogP contribution < -0.4 is 11.0 Å². The normalized spacial score (nSPS) is 9.07. The molecule has 0 aromatic heterocycles. The number of rotatable bonds is 12. The predicted molar refractivity (Wildman–Crippen MR) is 118 cm³/mol. The van der Waals surface area contributed by atoms with E-state index in [-0.39, 0.29) is 39.0 Å². The van der Waals surface area contributed by atoms with Gasteiger partial charge in [0.05, 0.1) is 26.2 Å². The Balaban J connectivity index is -0.0000000429. The lowest BCUT2D eigenvalue weighted by atomic mass is 10.1. The summed E-state index contributed by atoms with van der Waals surface area (Å²) < 4.78 is 10.2. The quantitative estimate of drug-likeness (QED) is 0.232. The fourth-order valence-corrected chi connectivity index (χ4v) is 2.64. The van der Waals surface area contributed by atoms with E-state index in [1.165, 1.54) is 82.0 Å². The first kappa shape index (κ1) is 56.8. The highest BCUT2D eigenvalue weighted by atomic mass is 31.2. The lowest BCUT2D eigenvalue weighted by molar-refractivity contribution is -0.929. The molecule has 0 amide bonds. The zero-order chi connectivity index (χ0) is 17.5. The average molecular weight is 465 g/mol. The molecular formula is C16H53N2O10P. The minimum absolute atomic E-state index is 0. The maximum absolute atomic E-state index is 8.77. The minimum Gasteiger partial charge on any atom is -0.756 e. The summed E-state index contributed by atoms with van der Waals surface area (Å²) in [6.45, 7) is 15.0. The van der Waals surface area contributed by atoms with Gasteiger partial charge in [0, 0.05) is 0 Å². The lowest BCUT2D eigenvalue weighted by Gasteiger charge is -2.39. The molecule has 17 N–H and O–H groups in total. The summed E-state index contributed by atoms with van der Waals surface area (Å²) in [5, 5.41) is 0. The largest absolute Gasteiger partial charge is 0.756 e. The van der Waals surface area contributed by atoms with Crippen LogP contribution in [0.3, 0.4) is 0 Å². The Morgan fingerprint density at radius 2 is 0.759 bits per heavy atom. The van der Waals surface area contributed by atoms with Gasteiger partial charge in [0.1, 0.15) is 0 Å². The van der Waals surface area contributed by atoms with E-state index in [9.17, 15) is 0 Å². The topological polar surface area (TPSA) is 305 Å². The Kier molecular flexibility index (Phi) is 69.0. The highest BCUT2D eigenvalue weighted by Crippen LogP contribution is 2.19. The van der Waals surface area contributed by atoms with E-state index in [1.807, 2.05) is 0 Å². The van der Waals surface area contributed by atoms with Gasteiger partial charge in [-0.3, -0.25) is 4.57 Å². The van der Waals surface area contributed by atoms with Crippen molar-refractivity contribution >= 4 is 7.82 Å². The summed E-state index contributed by atoms with van der Waals surface area (Å²) >= 11 is 0. The molecule has 0 aromatic carbocycles. The van der Waals surface area contributed by atoms with Gasteiger partial charge in [0.15, 0.2) is 0 Å². The number of phosphoric acid groups is 1. The fourth-order valence-electron chi connectivity index (χ4n) is 2.64. The standard InChI is InChI=1S/C16H36N.H3N.H3O4P.6H2O/c1-5-9-13-17(14-10-6-2,15-11-7-3)16-12-8-4;;1-5(2,3)4;;;;;;/h5-16H2,1-4H3;1H3;(H3,1,2,3,4);6*1H2/q+1;;;;;;;;/p-1. The van der Waals surface area contributed by atoms with Gasteiger partial charge in [-0.15, -0.1) is 0 Å². The molecule has 0 unspecified atom stereocenters. The Morgan fingerprint density at radius 3 is 0.862 bits per heavy atom. The monoisotopic (exact) mass is 464 g/mol. The second-order valence-corrected chi connectivity index (χ2v) is 7.12. The molecular weight excluding hydrogens is 411 g/mol. The Hall–Kier alpha value is -0.210. The van der Waals surface area contributed by atoms with Crippen LogP contribution in [0.5, 0.6) is 0 Å². The van der Waals surface area contributed by atoms with E-state index in [0.717, 1.165) is 0 Å². The number of hydrogen-bond acceptors (Lipinski definition) is 3. The van der Waals surface area contributed by atoms with Gasteiger partial charge in [0.25, 0.3) is 7.82 Å². The third-order valence-electron chi connectivity index (χ3n) is 3.94. The SMILES string of the molecule is CCCC[N+](CCCC)(CCCC)CCCC.N.O.O.O.O.O.O.O=P([O-])(O)O. The van der Waals surface area contributed by atoms with E-state index in [4.69, 9.17) is 19.2 Å². The second-order valence-electron chi connectivity index (χ2n) is 6.14. The number of hydrogen-bond donors (Lipinski definition) is 3. The Morgan fingerprint density at radius 1 is 0.621 bits per heavy atom. The molecule has 0 aliphatic carbocycles. The first-order valence-corrected chi connectivity index (χ1v) is 10.4. The van der Waals surface area contributed by atoms with Gasteiger partial charge >= 0.3 is 0 Å². The molecule has 0 bridgehead atoms. The predicted octanol–water partition coefficient (Wildman–Crippen LogP) is -1.34. The van der Waals surface area contributed by atoms with Gasteiger partial charge in [0.2, 0.25) is 0 Å². The molecule has 12 nitrogen and oxygen atoms in total. The van der Waals surface area contributed by atoms with Crippen molar-refractivity contribution in [2.24, 2.45) is 0 Å². The molecule has 192 valence electrons. The van der Waals surface area contributed by atoms with Gasteiger partial charge in [-0.2, -0.15) is 0 Å². The minimum atomic E-state index is -4.89. The number of quaternary nitrogens is 1. The van der Waals surface area contributed by atoms with Gasteiger partial charge in [-0.05, 0) is 25.7 Å². The molecule has 0 aromatic rings. The smallest absolute Gasteiger partial charge is 0.262 e. The van der Waals surface area contributed by atoms with Crippen LogP contribution in [0.4, 0.5) is 0 Å². The van der Waals surface area contributed by atoms with E-state index in [0.29, 0.717) is 0 Å². The van der Waals surface area contributed by atoms with Gasteiger partial charge < -0.3 is 58.2 Å². The molecule has 0 spiro atoms. The maximum atomic E-state index is 8.77. The zero-order valence-electron chi connectivity index (χ0n) is 18.8. The van der Waals surface area contributed by atoms with Crippen molar-refractivity contribution in [3.8, 4) is 0 Å². The Bertz CT molecular complexity index is 251. The summed E-state index contributed by atoms with van der Waals surface area (Å²) in [6.07, 6.45) is 11.1. The van der Waals surface area contributed by atoms with Crippen LogP contribution in [0.15, 0.2) is 0 Å². The molecule has 0 fully saturated rings. The van der Waals surface area contributed by atoms with Crippen LogP contribution in [0, 0.1) is 0 Å². The van der Waals surface area contributed by atoms with Crippen molar-refractivity contribution in [2.45, 2.75) is 79.1 Å². The fraction of sp³-hybridized carbons (Fsp3) is 1.00. The third-order valence-corrected chi connectivity index (χ3v) is 3.94. The third kappa shape index (κ3) is 47.2. The second kappa shape index (κ2) is 35.2. The first-order chi connectivity index (χ1) is 10.2. The molecule has 0 heterocycles. The summed E-state index contributed by atoms with van der Waals surface area (Å²) in [7, 11) is -4.89. The van der Waals surface area contributed by atoms with Crippen molar-refractivity contribution in [2.75, 3.05) is 26.2 Å². The van der Waals surface area contributed by atoms with E-state index in [1.54, 1.807) is 0 Å². The molecule has 0 saturated carbocycles. The molecule has 0 atom stereocenters. The van der Waals surface area contributed by atoms with Crippen LogP contribution in [-0.2, 0) is 4.57 Å². The van der Waals surface area contributed by atoms with Crippen LogP contribution in [0.1, 0.15) is 79.1 Å². The number of nitrogens with zero attached hydrogens (tertiary/aromatic N) is 1. The average Bonchev–Trinajstić information content (AvgIpc) is 2.44. The summed E-state index contributed by atoms with van der Waals surface area (Å²) in [5.74, 6) is 0. The van der Waals surface area contributed by atoms with Crippen molar-refractivity contribution < 1.29 is 56.6 Å². The van der Waals surface area contributed by atoms with Gasteiger partial charge in [-0.1, -0.05) is 53.4 Å². The number of unbranched alkanes of at least 4 members (excludes halogenated alkanes) is 4. The first-order valence-electron chi connectivity index (χ1n) is 8.86. The lowest BCUT2D eigenvalue weighted by Crippen LogP contribution is -2.50. The van der Waals surface area contributed by atoms with Crippen LogP contribution in [-0.4, -0.2) is 73.3 Å². The summed E-state index contributed by atoms with van der Waals surface area (Å²) in [5.41, 5.74) is 0. The van der Waals surface area contributed by atoms with E-state index >= 15 is 0 Å². The molecule has 0 rings (SSSR count). The van der Waals surface area contributed by atoms with Crippen LogP contribution >= 0.6 is 7.82 Å². The zero-order valence-corrected chi connectivity index (χ0v) is 19.7. The highest BCUT2D eigenvalue weighted by molar-refractivity contribution is 7.43. The molecule has 0 aliphatic rings. The van der Waals surface area contributed by atoms with E-state index in [2.05, 4.69) is 27.7 Å². The summed E-state index contributed by atoms with van der Waals surface area (Å²) in [6, 6.07) is 0. The van der Waals surface area contributed by atoms with Crippen LogP contribution in [0.2, 0.25) is 0 Å². The Labute approximate surface area is 176 Å². The van der Waals surface area contributed by atoms with Crippen molar-refractivity contribution in [1.82, 2.24) is 6.15 Å². The molecule has 13 heteroatoms. The molecule has 0 saturated heterocycles.